The van der Waals surface area contributed by atoms with E-state index in [0.717, 1.165) is 18.5 Å². The van der Waals surface area contributed by atoms with Crippen LogP contribution in [0, 0.1) is 0 Å². The molecule has 2 heterocycles. The maximum Gasteiger partial charge on any atom is 0.272 e. The average molecular weight is 321 g/mol. The molecule has 6 heteroatoms. The van der Waals surface area contributed by atoms with Crippen molar-refractivity contribution in [2.75, 3.05) is 6.61 Å². The van der Waals surface area contributed by atoms with Crippen molar-refractivity contribution < 1.29 is 9.90 Å². The van der Waals surface area contributed by atoms with Gasteiger partial charge in [-0.15, -0.1) is 0 Å². The highest BCUT2D eigenvalue weighted by Crippen LogP contribution is 2.17. The van der Waals surface area contributed by atoms with Crippen LogP contribution < -0.4 is 0 Å². The molecule has 1 amide bonds. The number of amides is 1. The third kappa shape index (κ3) is 3.75. The topological polar surface area (TPSA) is 58.4 Å². The Morgan fingerprint density at radius 3 is 2.86 bits per heavy atom. The third-order valence-electron chi connectivity index (χ3n) is 3.69. The highest BCUT2D eigenvalue weighted by atomic mass is 32.1. The molecule has 5 nitrogen and oxygen atoms in total. The average Bonchev–Trinajstić information content (AvgIpc) is 3.18. The first kappa shape index (κ1) is 16.7. The molecule has 0 spiro atoms. The van der Waals surface area contributed by atoms with Gasteiger partial charge in [0, 0.05) is 19.3 Å². The van der Waals surface area contributed by atoms with E-state index < -0.39 is 0 Å². The highest BCUT2D eigenvalue weighted by Gasteiger charge is 2.25. The van der Waals surface area contributed by atoms with Gasteiger partial charge in [-0.05, 0) is 41.3 Å². The molecule has 0 bridgehead atoms. The summed E-state index contributed by atoms with van der Waals surface area (Å²) in [7, 11) is 0. The molecule has 0 saturated heterocycles. The zero-order chi connectivity index (χ0) is 15.9. The number of thiophene rings is 1. The standard InChI is InChI=1S/C16H23N3O2S/c1-3-8-19-15(5-7-17-19)16(21)18(14(4-2)11-20)10-13-6-9-22-12-13/h5-7,9,12,14,20H,3-4,8,10-11H2,1-2H3/t14-/m0/s1. The van der Waals surface area contributed by atoms with Gasteiger partial charge in [0.25, 0.3) is 5.91 Å². The van der Waals surface area contributed by atoms with Crippen molar-refractivity contribution in [2.24, 2.45) is 0 Å². The summed E-state index contributed by atoms with van der Waals surface area (Å²) in [5, 5.41) is 17.9. The van der Waals surface area contributed by atoms with Gasteiger partial charge >= 0.3 is 0 Å². The second-order valence-corrected chi connectivity index (χ2v) is 6.03. The fraction of sp³-hybridized carbons (Fsp3) is 0.500. The van der Waals surface area contributed by atoms with Crippen LogP contribution in [0.4, 0.5) is 0 Å². The molecule has 2 aromatic heterocycles. The minimum Gasteiger partial charge on any atom is -0.394 e. The van der Waals surface area contributed by atoms with Crippen molar-refractivity contribution in [3.63, 3.8) is 0 Å². The van der Waals surface area contributed by atoms with Crippen molar-refractivity contribution >= 4 is 17.2 Å². The number of hydrogen-bond acceptors (Lipinski definition) is 4. The van der Waals surface area contributed by atoms with Crippen LogP contribution in [-0.4, -0.2) is 38.3 Å². The summed E-state index contributed by atoms with van der Waals surface area (Å²) in [6.45, 7) is 5.24. The van der Waals surface area contributed by atoms with Gasteiger partial charge in [-0.3, -0.25) is 9.48 Å². The van der Waals surface area contributed by atoms with Gasteiger partial charge in [0.1, 0.15) is 5.69 Å². The highest BCUT2D eigenvalue weighted by molar-refractivity contribution is 7.07. The van der Waals surface area contributed by atoms with Crippen molar-refractivity contribution in [1.82, 2.24) is 14.7 Å². The maximum atomic E-state index is 12.9. The predicted molar refractivity (Wildman–Crippen MR) is 87.9 cm³/mol. The van der Waals surface area contributed by atoms with Gasteiger partial charge in [0.15, 0.2) is 0 Å². The largest absolute Gasteiger partial charge is 0.394 e. The molecule has 2 aromatic rings. The van der Waals surface area contributed by atoms with Crippen LogP contribution in [0.1, 0.15) is 42.7 Å². The Morgan fingerprint density at radius 2 is 2.27 bits per heavy atom. The molecule has 2 rings (SSSR count). The van der Waals surface area contributed by atoms with Crippen LogP contribution in [-0.2, 0) is 13.1 Å². The van der Waals surface area contributed by atoms with E-state index in [-0.39, 0.29) is 18.6 Å². The number of aliphatic hydroxyl groups is 1. The lowest BCUT2D eigenvalue weighted by Crippen LogP contribution is -2.42. The molecular formula is C16H23N3O2S. The Bertz CT molecular complexity index is 576. The van der Waals surface area contributed by atoms with Gasteiger partial charge in [0.2, 0.25) is 0 Å². The molecule has 0 aliphatic rings. The summed E-state index contributed by atoms with van der Waals surface area (Å²) in [5.41, 5.74) is 1.68. The zero-order valence-corrected chi connectivity index (χ0v) is 13.9. The van der Waals surface area contributed by atoms with Crippen molar-refractivity contribution in [2.45, 2.75) is 45.8 Å². The second-order valence-electron chi connectivity index (χ2n) is 5.25. The number of aromatic nitrogens is 2. The van der Waals surface area contributed by atoms with E-state index in [1.54, 1.807) is 33.2 Å². The molecular weight excluding hydrogens is 298 g/mol. The van der Waals surface area contributed by atoms with Crippen LogP contribution in [0.3, 0.4) is 0 Å². The van der Waals surface area contributed by atoms with E-state index in [0.29, 0.717) is 18.7 Å². The lowest BCUT2D eigenvalue weighted by Gasteiger charge is -2.30. The van der Waals surface area contributed by atoms with Crippen molar-refractivity contribution in [3.8, 4) is 0 Å². The number of aliphatic hydroxyl groups excluding tert-OH is 1. The first-order chi connectivity index (χ1) is 10.7. The lowest BCUT2D eigenvalue weighted by molar-refractivity contribution is 0.0551. The second kappa shape index (κ2) is 8.10. The van der Waals surface area contributed by atoms with Crippen LogP contribution in [0.15, 0.2) is 29.1 Å². The quantitative estimate of drug-likeness (QED) is 0.813. The number of rotatable bonds is 8. The van der Waals surface area contributed by atoms with Crippen molar-refractivity contribution in [1.29, 1.82) is 0 Å². The molecule has 0 aromatic carbocycles. The van der Waals surface area contributed by atoms with E-state index in [1.807, 2.05) is 23.8 Å². The monoisotopic (exact) mass is 321 g/mol. The van der Waals surface area contributed by atoms with E-state index >= 15 is 0 Å². The molecule has 1 atom stereocenters. The van der Waals surface area contributed by atoms with Gasteiger partial charge < -0.3 is 10.0 Å². The summed E-state index contributed by atoms with van der Waals surface area (Å²) in [6.07, 6.45) is 3.30. The summed E-state index contributed by atoms with van der Waals surface area (Å²) in [6, 6.07) is 3.58. The fourth-order valence-corrected chi connectivity index (χ4v) is 3.11. The molecule has 1 N–H and O–H groups in total. The van der Waals surface area contributed by atoms with Crippen LogP contribution in [0.2, 0.25) is 0 Å². The first-order valence-electron chi connectivity index (χ1n) is 7.65. The number of carbonyl (C=O) groups excluding carboxylic acids is 1. The van der Waals surface area contributed by atoms with E-state index in [4.69, 9.17) is 0 Å². The summed E-state index contributed by atoms with van der Waals surface area (Å²) in [4.78, 5) is 14.7. The zero-order valence-electron chi connectivity index (χ0n) is 13.1. The predicted octanol–water partition coefficient (Wildman–Crippen LogP) is 2.77. The SMILES string of the molecule is CCCn1nccc1C(=O)N(Cc1ccsc1)[C@@H](CC)CO. The minimum absolute atomic E-state index is 0.0334. The molecule has 0 unspecified atom stereocenters. The van der Waals surface area contributed by atoms with E-state index in [9.17, 15) is 9.90 Å². The summed E-state index contributed by atoms with van der Waals surface area (Å²) < 4.78 is 1.74. The van der Waals surface area contributed by atoms with Gasteiger partial charge in [-0.1, -0.05) is 13.8 Å². The van der Waals surface area contributed by atoms with Crippen molar-refractivity contribution in [3.05, 3.63) is 40.3 Å². The first-order valence-corrected chi connectivity index (χ1v) is 8.60. The van der Waals surface area contributed by atoms with Crippen LogP contribution in [0.5, 0.6) is 0 Å². The number of nitrogens with zero attached hydrogens (tertiary/aromatic N) is 3. The Hall–Kier alpha value is -1.66. The Labute approximate surface area is 135 Å². The molecule has 0 aliphatic carbocycles. The number of hydrogen-bond donors (Lipinski definition) is 1. The molecule has 22 heavy (non-hydrogen) atoms. The molecule has 0 fully saturated rings. The molecule has 0 aliphatic heterocycles. The Morgan fingerprint density at radius 1 is 1.45 bits per heavy atom. The lowest BCUT2D eigenvalue weighted by atomic mass is 10.1. The smallest absolute Gasteiger partial charge is 0.272 e. The minimum atomic E-state index is -0.183. The Kier molecular flexibility index (Phi) is 6.15. The normalized spacial score (nSPS) is 12.3. The van der Waals surface area contributed by atoms with Crippen LogP contribution >= 0.6 is 11.3 Å². The van der Waals surface area contributed by atoms with Gasteiger partial charge in [0.05, 0.1) is 12.6 Å². The summed E-state index contributed by atoms with van der Waals surface area (Å²) in [5.74, 6) is -0.0712. The molecule has 0 saturated carbocycles. The Balaban J connectivity index is 2.26. The van der Waals surface area contributed by atoms with Gasteiger partial charge in [-0.25, -0.2) is 0 Å². The van der Waals surface area contributed by atoms with Gasteiger partial charge in [-0.2, -0.15) is 16.4 Å². The number of carbonyl (C=O) groups is 1. The fourth-order valence-electron chi connectivity index (χ4n) is 2.45. The third-order valence-corrected chi connectivity index (χ3v) is 4.42. The van der Waals surface area contributed by atoms with Crippen LogP contribution in [0.25, 0.3) is 0 Å². The maximum absolute atomic E-state index is 12.9. The van der Waals surface area contributed by atoms with E-state index in [1.165, 1.54) is 0 Å². The summed E-state index contributed by atoms with van der Waals surface area (Å²) >= 11 is 1.61. The molecule has 0 radical (unpaired) electrons. The van der Waals surface area contributed by atoms with E-state index in [2.05, 4.69) is 12.0 Å². The molecule has 120 valence electrons. The number of aryl methyl sites for hydroxylation is 1.